The van der Waals surface area contributed by atoms with Crippen LogP contribution in [0.5, 0.6) is 5.75 Å². The molecule has 1 amide bonds. The summed E-state index contributed by atoms with van der Waals surface area (Å²) < 4.78 is 33.4. The summed E-state index contributed by atoms with van der Waals surface area (Å²) in [5.41, 5.74) is 2.15. The molecule has 3 aromatic rings. The van der Waals surface area contributed by atoms with Crippen LogP contribution < -0.4 is 14.4 Å². The zero-order valence-corrected chi connectivity index (χ0v) is 16.7. The van der Waals surface area contributed by atoms with Gasteiger partial charge >= 0.3 is 0 Å². The van der Waals surface area contributed by atoms with Crippen LogP contribution >= 0.6 is 11.3 Å². The van der Waals surface area contributed by atoms with Gasteiger partial charge in [-0.15, -0.1) is 11.3 Å². The molecule has 0 aliphatic carbocycles. The van der Waals surface area contributed by atoms with Crippen molar-refractivity contribution in [3.05, 3.63) is 70.4 Å². The second kappa shape index (κ2) is 7.29. The molecule has 1 aromatic heterocycles. The number of hydrogen-bond donors (Lipinski definition) is 1. The molecule has 1 aliphatic heterocycles. The number of hydrogen-bond acceptors (Lipinski definition) is 5. The van der Waals surface area contributed by atoms with E-state index in [4.69, 9.17) is 4.74 Å². The predicted molar refractivity (Wildman–Crippen MR) is 110 cm³/mol. The van der Waals surface area contributed by atoms with Crippen molar-refractivity contribution in [2.45, 2.75) is 11.3 Å². The highest BCUT2D eigenvalue weighted by molar-refractivity contribution is 7.92. The molecule has 8 heteroatoms. The minimum atomic E-state index is -3.83. The first kappa shape index (κ1) is 18.5. The fourth-order valence-corrected chi connectivity index (χ4v) is 5.13. The second-order valence-corrected chi connectivity index (χ2v) is 8.88. The van der Waals surface area contributed by atoms with Crippen LogP contribution in [-0.2, 0) is 16.4 Å². The highest BCUT2D eigenvalue weighted by Crippen LogP contribution is 2.34. The molecule has 0 atom stereocenters. The van der Waals surface area contributed by atoms with E-state index in [0.29, 0.717) is 17.1 Å². The number of fused-ring (bicyclic) bond motifs is 1. The number of nitrogens with one attached hydrogen (secondary N) is 1. The summed E-state index contributed by atoms with van der Waals surface area (Å²) in [6, 6.07) is 15.3. The molecule has 28 heavy (non-hydrogen) atoms. The van der Waals surface area contributed by atoms with E-state index in [9.17, 15) is 13.2 Å². The van der Waals surface area contributed by atoms with Gasteiger partial charge in [0.2, 0.25) is 0 Å². The van der Waals surface area contributed by atoms with Crippen LogP contribution in [0, 0.1) is 0 Å². The highest BCUT2D eigenvalue weighted by atomic mass is 32.2. The highest BCUT2D eigenvalue weighted by Gasteiger charge is 2.27. The molecule has 0 spiro atoms. The molecule has 0 unspecified atom stereocenters. The minimum absolute atomic E-state index is 0.0597. The Morgan fingerprint density at radius 3 is 2.71 bits per heavy atom. The van der Waals surface area contributed by atoms with E-state index in [0.717, 1.165) is 17.7 Å². The van der Waals surface area contributed by atoms with Crippen LogP contribution in [0.2, 0.25) is 0 Å². The Morgan fingerprint density at radius 2 is 1.96 bits per heavy atom. The van der Waals surface area contributed by atoms with Gasteiger partial charge in [0.1, 0.15) is 10.6 Å². The molecule has 0 fully saturated rings. The van der Waals surface area contributed by atoms with Crippen LogP contribution in [0.15, 0.2) is 64.9 Å². The van der Waals surface area contributed by atoms with Gasteiger partial charge < -0.3 is 9.64 Å². The van der Waals surface area contributed by atoms with Crippen molar-refractivity contribution in [2.75, 3.05) is 23.3 Å². The average molecular weight is 415 g/mol. The largest absolute Gasteiger partial charge is 0.495 e. The molecule has 4 rings (SSSR count). The summed E-state index contributed by atoms with van der Waals surface area (Å²) in [5.74, 6) is 0.198. The summed E-state index contributed by atoms with van der Waals surface area (Å²) in [7, 11) is -2.40. The molecule has 144 valence electrons. The summed E-state index contributed by atoms with van der Waals surface area (Å²) in [6.07, 6.45) is 0.742. The molecule has 0 saturated carbocycles. The molecule has 0 radical (unpaired) electrons. The standard InChI is InChI=1S/C20H18N2O4S2/c1-26-17-5-2-3-7-19(17)28(24,25)21-15-9-8-14-10-11-22(16(14)13-15)20(23)18-6-4-12-27-18/h2-9,12-13,21H,10-11H2,1H3. The average Bonchev–Trinajstić information content (AvgIpc) is 3.37. The van der Waals surface area contributed by atoms with Crippen LogP contribution in [0.25, 0.3) is 0 Å². The number of para-hydroxylation sites is 1. The first-order valence-corrected chi connectivity index (χ1v) is 11.0. The number of ether oxygens (including phenoxy) is 1. The van der Waals surface area contributed by atoms with Crippen LogP contribution in [0.4, 0.5) is 11.4 Å². The second-order valence-electron chi connectivity index (χ2n) is 6.28. The third-order valence-corrected chi connectivity index (χ3v) is 6.85. The first-order chi connectivity index (χ1) is 13.5. The van der Waals surface area contributed by atoms with Crippen molar-refractivity contribution in [3.8, 4) is 5.75 Å². The lowest BCUT2D eigenvalue weighted by Gasteiger charge is -2.18. The van der Waals surface area contributed by atoms with E-state index < -0.39 is 10.0 Å². The van der Waals surface area contributed by atoms with Crippen molar-refractivity contribution < 1.29 is 17.9 Å². The Bertz CT molecular complexity index is 1120. The van der Waals surface area contributed by atoms with Crippen LogP contribution in [0.1, 0.15) is 15.2 Å². The first-order valence-electron chi connectivity index (χ1n) is 8.64. The molecule has 2 heterocycles. The van der Waals surface area contributed by atoms with Crippen LogP contribution in [-0.4, -0.2) is 28.0 Å². The maximum absolute atomic E-state index is 12.8. The zero-order chi connectivity index (χ0) is 19.7. The number of carbonyl (C=O) groups is 1. The van der Waals surface area contributed by atoms with Gasteiger partial charge in [-0.1, -0.05) is 24.3 Å². The normalized spacial score (nSPS) is 13.2. The number of rotatable bonds is 5. The van der Waals surface area contributed by atoms with Crippen LogP contribution in [0.3, 0.4) is 0 Å². The fourth-order valence-electron chi connectivity index (χ4n) is 3.24. The van der Waals surface area contributed by atoms with Crippen molar-refractivity contribution in [1.82, 2.24) is 0 Å². The maximum Gasteiger partial charge on any atom is 0.268 e. The zero-order valence-electron chi connectivity index (χ0n) is 15.1. The smallest absolute Gasteiger partial charge is 0.268 e. The number of benzene rings is 2. The molecule has 2 aromatic carbocycles. The molecule has 6 nitrogen and oxygen atoms in total. The maximum atomic E-state index is 12.8. The quantitative estimate of drug-likeness (QED) is 0.690. The van der Waals surface area contributed by atoms with Crippen molar-refractivity contribution in [1.29, 1.82) is 0 Å². The van der Waals surface area contributed by atoms with Gasteiger partial charge in [-0.3, -0.25) is 9.52 Å². The lowest BCUT2D eigenvalue weighted by molar-refractivity contribution is 0.0993. The summed E-state index contributed by atoms with van der Waals surface area (Å²) in [4.78, 5) is 15.2. The van der Waals surface area contributed by atoms with Gasteiger partial charge in [-0.25, -0.2) is 8.42 Å². The monoisotopic (exact) mass is 414 g/mol. The summed E-state index contributed by atoms with van der Waals surface area (Å²) in [6.45, 7) is 0.578. The minimum Gasteiger partial charge on any atom is -0.495 e. The topological polar surface area (TPSA) is 75.7 Å². The number of thiophene rings is 1. The van der Waals surface area contributed by atoms with Gasteiger partial charge in [0.15, 0.2) is 0 Å². The Kier molecular flexibility index (Phi) is 4.82. The van der Waals surface area contributed by atoms with E-state index in [1.165, 1.54) is 24.5 Å². The van der Waals surface area contributed by atoms with Crippen molar-refractivity contribution in [3.63, 3.8) is 0 Å². The molecule has 0 saturated heterocycles. The summed E-state index contributed by atoms with van der Waals surface area (Å²) in [5, 5.41) is 1.86. The Morgan fingerprint density at radius 1 is 1.14 bits per heavy atom. The van der Waals surface area contributed by atoms with E-state index in [1.807, 2.05) is 17.5 Å². The summed E-state index contributed by atoms with van der Waals surface area (Å²) >= 11 is 1.39. The van der Waals surface area contributed by atoms with Gasteiger partial charge in [0.25, 0.3) is 15.9 Å². The number of nitrogens with zero attached hydrogens (tertiary/aromatic N) is 1. The Balaban J connectivity index is 1.64. The van der Waals surface area contributed by atoms with E-state index in [1.54, 1.807) is 41.3 Å². The molecular formula is C20H18N2O4S2. The number of sulfonamides is 1. The van der Waals surface area contributed by atoms with Gasteiger partial charge in [-0.05, 0) is 47.7 Å². The number of methoxy groups -OCH3 is 1. The Hall–Kier alpha value is -2.84. The molecule has 1 aliphatic rings. The lowest BCUT2D eigenvalue weighted by atomic mass is 10.1. The molecule has 1 N–H and O–H groups in total. The van der Waals surface area contributed by atoms with Crippen molar-refractivity contribution >= 4 is 38.6 Å². The molecular weight excluding hydrogens is 396 g/mol. The van der Waals surface area contributed by atoms with Gasteiger partial charge in [-0.2, -0.15) is 0 Å². The fraction of sp³-hybridized carbons (Fsp3) is 0.150. The predicted octanol–water partition coefficient (Wildman–Crippen LogP) is 3.76. The third-order valence-electron chi connectivity index (χ3n) is 4.57. The van der Waals surface area contributed by atoms with Gasteiger partial charge in [0.05, 0.1) is 17.7 Å². The van der Waals surface area contributed by atoms with Gasteiger partial charge in [0, 0.05) is 12.2 Å². The number of carbonyl (C=O) groups excluding carboxylic acids is 1. The SMILES string of the molecule is COc1ccccc1S(=O)(=O)Nc1ccc2c(c1)N(C(=O)c1cccs1)CC2. The van der Waals surface area contributed by atoms with E-state index in [2.05, 4.69) is 4.72 Å². The number of anilines is 2. The Labute approximate surface area is 167 Å². The molecule has 0 bridgehead atoms. The lowest BCUT2D eigenvalue weighted by Crippen LogP contribution is -2.28. The van der Waals surface area contributed by atoms with E-state index in [-0.39, 0.29) is 16.6 Å². The van der Waals surface area contributed by atoms with Crippen molar-refractivity contribution in [2.24, 2.45) is 0 Å². The third kappa shape index (κ3) is 3.36. The van der Waals surface area contributed by atoms with E-state index >= 15 is 0 Å². The number of amides is 1.